The SMILES string of the molecule is CCCCCC(=O)/C=C/CCCCNC(=O)OCc1ccccc1. The third-order valence-electron chi connectivity index (χ3n) is 3.61. The number of hydrogen-bond acceptors (Lipinski definition) is 3. The van der Waals surface area contributed by atoms with E-state index in [1.54, 1.807) is 6.08 Å². The van der Waals surface area contributed by atoms with Crippen molar-refractivity contribution in [3.05, 3.63) is 48.0 Å². The van der Waals surface area contributed by atoms with Gasteiger partial charge in [0.1, 0.15) is 6.61 Å². The van der Waals surface area contributed by atoms with Gasteiger partial charge in [-0.3, -0.25) is 4.79 Å². The largest absolute Gasteiger partial charge is 0.445 e. The van der Waals surface area contributed by atoms with Crippen molar-refractivity contribution in [1.82, 2.24) is 5.32 Å². The minimum atomic E-state index is -0.388. The first-order chi connectivity index (χ1) is 11.7. The van der Waals surface area contributed by atoms with E-state index in [4.69, 9.17) is 4.74 Å². The van der Waals surface area contributed by atoms with E-state index in [0.29, 0.717) is 13.0 Å². The predicted molar refractivity (Wildman–Crippen MR) is 96.8 cm³/mol. The maximum absolute atomic E-state index is 11.5. The van der Waals surface area contributed by atoms with Gasteiger partial charge in [-0.2, -0.15) is 0 Å². The molecule has 0 spiro atoms. The fraction of sp³-hybridized carbons (Fsp3) is 0.500. The normalized spacial score (nSPS) is 10.7. The van der Waals surface area contributed by atoms with Gasteiger partial charge in [0.15, 0.2) is 5.78 Å². The second-order valence-corrected chi connectivity index (χ2v) is 5.81. The third-order valence-corrected chi connectivity index (χ3v) is 3.61. The summed E-state index contributed by atoms with van der Waals surface area (Å²) in [5.74, 6) is 0.214. The second kappa shape index (κ2) is 13.3. The van der Waals surface area contributed by atoms with Crippen molar-refractivity contribution in [3.63, 3.8) is 0 Å². The summed E-state index contributed by atoms with van der Waals surface area (Å²) in [5, 5.41) is 2.73. The molecule has 0 aliphatic heterocycles. The van der Waals surface area contributed by atoms with Gasteiger partial charge in [-0.15, -0.1) is 0 Å². The Labute approximate surface area is 145 Å². The fourth-order valence-corrected chi connectivity index (χ4v) is 2.20. The lowest BCUT2D eigenvalue weighted by Gasteiger charge is -2.06. The highest BCUT2D eigenvalue weighted by atomic mass is 16.5. The third kappa shape index (κ3) is 10.6. The minimum absolute atomic E-state index is 0.214. The van der Waals surface area contributed by atoms with Gasteiger partial charge in [0.25, 0.3) is 0 Å². The monoisotopic (exact) mass is 331 g/mol. The molecule has 0 heterocycles. The van der Waals surface area contributed by atoms with Crippen LogP contribution >= 0.6 is 0 Å². The average molecular weight is 331 g/mol. The first-order valence-corrected chi connectivity index (χ1v) is 8.86. The molecule has 0 saturated heterocycles. The van der Waals surface area contributed by atoms with Crippen LogP contribution in [0.3, 0.4) is 0 Å². The topological polar surface area (TPSA) is 55.4 Å². The molecule has 1 rings (SSSR count). The summed E-state index contributed by atoms with van der Waals surface area (Å²) in [6.45, 7) is 3.01. The summed E-state index contributed by atoms with van der Waals surface area (Å²) in [4.78, 5) is 23.1. The quantitative estimate of drug-likeness (QED) is 0.442. The molecular formula is C20H29NO3. The van der Waals surface area contributed by atoms with Crippen molar-refractivity contribution in [2.45, 2.75) is 58.5 Å². The van der Waals surface area contributed by atoms with Crippen molar-refractivity contribution in [2.24, 2.45) is 0 Å². The first kappa shape index (κ1) is 19.9. The zero-order chi connectivity index (χ0) is 17.5. The molecule has 0 saturated carbocycles. The summed E-state index contributed by atoms with van der Waals surface area (Å²) in [7, 11) is 0. The van der Waals surface area contributed by atoms with Gasteiger partial charge in [-0.1, -0.05) is 56.2 Å². The molecule has 0 atom stereocenters. The molecule has 1 aromatic rings. The standard InChI is InChI=1S/C20H29NO3/c1-2-3-7-14-19(22)15-10-4-5-11-16-21-20(23)24-17-18-12-8-6-9-13-18/h6,8-10,12-13,15H,2-5,7,11,14,16-17H2,1H3,(H,21,23)/b15-10+. The molecule has 0 bridgehead atoms. The zero-order valence-corrected chi connectivity index (χ0v) is 14.6. The Kier molecular flexibility index (Phi) is 11.1. The lowest BCUT2D eigenvalue weighted by Crippen LogP contribution is -2.25. The lowest BCUT2D eigenvalue weighted by atomic mass is 10.1. The summed E-state index contributed by atoms with van der Waals surface area (Å²) >= 11 is 0. The van der Waals surface area contributed by atoms with Crippen LogP contribution in [0.25, 0.3) is 0 Å². The molecule has 0 fully saturated rings. The van der Waals surface area contributed by atoms with Gasteiger partial charge in [-0.05, 0) is 37.3 Å². The van der Waals surface area contributed by atoms with Gasteiger partial charge in [0, 0.05) is 13.0 Å². The van der Waals surface area contributed by atoms with Crippen LogP contribution in [0.4, 0.5) is 4.79 Å². The van der Waals surface area contributed by atoms with Crippen LogP contribution in [0.2, 0.25) is 0 Å². The highest BCUT2D eigenvalue weighted by Crippen LogP contribution is 2.03. The maximum atomic E-state index is 11.5. The van der Waals surface area contributed by atoms with E-state index in [2.05, 4.69) is 12.2 Å². The first-order valence-electron chi connectivity index (χ1n) is 8.86. The molecule has 0 radical (unpaired) electrons. The summed E-state index contributed by atoms with van der Waals surface area (Å²) in [6.07, 6.45) is 9.80. The van der Waals surface area contributed by atoms with E-state index in [0.717, 1.165) is 44.1 Å². The summed E-state index contributed by atoms with van der Waals surface area (Å²) < 4.78 is 5.13. The highest BCUT2D eigenvalue weighted by Gasteiger charge is 2.01. The number of allylic oxidation sites excluding steroid dienone is 2. The Morgan fingerprint density at radius 2 is 1.88 bits per heavy atom. The molecule has 24 heavy (non-hydrogen) atoms. The number of nitrogens with one attached hydrogen (secondary N) is 1. The molecule has 4 heteroatoms. The molecular weight excluding hydrogens is 302 g/mol. The predicted octanol–water partition coefficient (Wildman–Crippen LogP) is 4.79. The van der Waals surface area contributed by atoms with Gasteiger partial charge < -0.3 is 10.1 Å². The Bertz CT molecular complexity index is 497. The number of unbranched alkanes of at least 4 members (excludes halogenated alkanes) is 4. The van der Waals surface area contributed by atoms with Crippen LogP contribution in [-0.2, 0) is 16.1 Å². The number of carbonyl (C=O) groups is 2. The van der Waals surface area contributed by atoms with Gasteiger partial charge in [0.2, 0.25) is 0 Å². The zero-order valence-electron chi connectivity index (χ0n) is 14.6. The maximum Gasteiger partial charge on any atom is 0.407 e. The number of rotatable bonds is 12. The van der Waals surface area contributed by atoms with Crippen LogP contribution in [0.5, 0.6) is 0 Å². The van der Waals surface area contributed by atoms with Crippen LogP contribution < -0.4 is 5.32 Å². The van der Waals surface area contributed by atoms with Gasteiger partial charge in [0.05, 0.1) is 0 Å². The Balaban J connectivity index is 1.97. The average Bonchev–Trinajstić information content (AvgIpc) is 2.60. The number of carbonyl (C=O) groups excluding carboxylic acids is 2. The van der Waals surface area contributed by atoms with Gasteiger partial charge in [-0.25, -0.2) is 4.79 Å². The number of ether oxygens (including phenoxy) is 1. The Morgan fingerprint density at radius 3 is 2.62 bits per heavy atom. The summed E-state index contributed by atoms with van der Waals surface area (Å²) in [5.41, 5.74) is 0.974. The fourth-order valence-electron chi connectivity index (χ4n) is 2.20. The molecule has 4 nitrogen and oxygen atoms in total. The Hall–Kier alpha value is -2.10. The van der Waals surface area contributed by atoms with Crippen LogP contribution in [0, 0.1) is 0 Å². The molecule has 1 aromatic carbocycles. The number of ketones is 1. The smallest absolute Gasteiger partial charge is 0.407 e. The van der Waals surface area contributed by atoms with Crippen molar-refractivity contribution in [1.29, 1.82) is 0 Å². The van der Waals surface area contributed by atoms with Crippen LogP contribution in [0.1, 0.15) is 57.4 Å². The molecule has 0 aliphatic carbocycles. The molecule has 1 N–H and O–H groups in total. The number of amides is 1. The van der Waals surface area contributed by atoms with E-state index < -0.39 is 0 Å². The molecule has 0 aliphatic rings. The van der Waals surface area contributed by atoms with E-state index >= 15 is 0 Å². The van der Waals surface area contributed by atoms with Gasteiger partial charge >= 0.3 is 6.09 Å². The molecule has 0 aromatic heterocycles. The lowest BCUT2D eigenvalue weighted by molar-refractivity contribution is -0.114. The van der Waals surface area contributed by atoms with E-state index in [1.807, 2.05) is 36.4 Å². The molecule has 132 valence electrons. The van der Waals surface area contributed by atoms with Crippen molar-refractivity contribution in [3.8, 4) is 0 Å². The van der Waals surface area contributed by atoms with Crippen LogP contribution in [-0.4, -0.2) is 18.4 Å². The molecule has 1 amide bonds. The van der Waals surface area contributed by atoms with E-state index in [-0.39, 0.29) is 18.5 Å². The van der Waals surface area contributed by atoms with Crippen molar-refractivity contribution >= 4 is 11.9 Å². The minimum Gasteiger partial charge on any atom is -0.445 e. The van der Waals surface area contributed by atoms with E-state index in [9.17, 15) is 9.59 Å². The Morgan fingerprint density at radius 1 is 1.08 bits per heavy atom. The number of hydrogen-bond donors (Lipinski definition) is 1. The van der Waals surface area contributed by atoms with Crippen molar-refractivity contribution < 1.29 is 14.3 Å². The highest BCUT2D eigenvalue weighted by molar-refractivity contribution is 5.89. The summed E-state index contributed by atoms with van der Waals surface area (Å²) in [6, 6.07) is 9.60. The van der Waals surface area contributed by atoms with Crippen molar-refractivity contribution in [2.75, 3.05) is 6.54 Å². The molecule has 0 unspecified atom stereocenters. The second-order valence-electron chi connectivity index (χ2n) is 5.81. The van der Waals surface area contributed by atoms with Crippen LogP contribution in [0.15, 0.2) is 42.5 Å². The number of benzene rings is 1. The number of alkyl carbamates (subject to hydrolysis) is 1. The van der Waals surface area contributed by atoms with E-state index in [1.165, 1.54) is 0 Å².